The molecule has 0 radical (unpaired) electrons. The van der Waals surface area contributed by atoms with Crippen LogP contribution in [0.2, 0.25) is 0 Å². The zero-order valence-electron chi connectivity index (χ0n) is 11.9. The minimum atomic E-state index is -0.963. The number of aliphatic carboxylic acids is 1. The molecule has 2 aliphatic rings. The standard InChI is InChI=1S/C14H19NO6/c1-20-14(19)11-8-15(6-7-21-11)12(16)9-4-2-3-5-10(9)13(17)18/h2-3,9-11H,4-8H2,1H3,(H,17,18)/t9-,10+,11?/m1/s1. The van der Waals surface area contributed by atoms with Gasteiger partial charge in [0.1, 0.15) is 0 Å². The molecule has 1 heterocycles. The van der Waals surface area contributed by atoms with Gasteiger partial charge in [-0.15, -0.1) is 0 Å². The van der Waals surface area contributed by atoms with Crippen LogP contribution >= 0.6 is 0 Å². The lowest BCUT2D eigenvalue weighted by Gasteiger charge is -2.35. The van der Waals surface area contributed by atoms with Crippen LogP contribution in [-0.4, -0.2) is 60.8 Å². The van der Waals surface area contributed by atoms with E-state index in [0.29, 0.717) is 19.4 Å². The first kappa shape index (κ1) is 15.5. The van der Waals surface area contributed by atoms with E-state index in [0.717, 1.165) is 0 Å². The minimum absolute atomic E-state index is 0.109. The fourth-order valence-corrected chi connectivity index (χ4v) is 2.72. The van der Waals surface area contributed by atoms with Crippen molar-refractivity contribution >= 4 is 17.8 Å². The number of hydrogen-bond donors (Lipinski definition) is 1. The number of morpholine rings is 1. The van der Waals surface area contributed by atoms with Gasteiger partial charge in [0.05, 0.1) is 32.1 Å². The van der Waals surface area contributed by atoms with E-state index >= 15 is 0 Å². The Morgan fingerprint density at radius 3 is 2.52 bits per heavy atom. The maximum Gasteiger partial charge on any atom is 0.336 e. The van der Waals surface area contributed by atoms with Gasteiger partial charge in [0.25, 0.3) is 0 Å². The second-order valence-electron chi connectivity index (χ2n) is 5.16. The maximum atomic E-state index is 12.5. The van der Waals surface area contributed by atoms with Crippen LogP contribution in [0.1, 0.15) is 12.8 Å². The summed E-state index contributed by atoms with van der Waals surface area (Å²) in [6.07, 6.45) is 3.60. The largest absolute Gasteiger partial charge is 0.481 e. The van der Waals surface area contributed by atoms with Crippen molar-refractivity contribution in [3.05, 3.63) is 12.2 Å². The average Bonchev–Trinajstić information content (AvgIpc) is 2.53. The molecule has 1 fully saturated rings. The number of carboxylic acids is 1. The molecule has 1 unspecified atom stereocenters. The van der Waals surface area contributed by atoms with E-state index in [9.17, 15) is 19.5 Å². The number of hydrogen-bond acceptors (Lipinski definition) is 5. The molecule has 0 aromatic heterocycles. The first-order valence-electron chi connectivity index (χ1n) is 6.90. The Hall–Kier alpha value is -1.89. The van der Waals surface area contributed by atoms with Crippen LogP contribution in [-0.2, 0) is 23.9 Å². The number of amides is 1. The molecule has 3 atom stereocenters. The second-order valence-corrected chi connectivity index (χ2v) is 5.16. The van der Waals surface area contributed by atoms with E-state index < -0.39 is 29.9 Å². The predicted octanol–water partition coefficient (Wildman–Crippen LogP) is 0.0538. The van der Waals surface area contributed by atoms with E-state index in [1.54, 1.807) is 6.08 Å². The lowest BCUT2D eigenvalue weighted by Crippen LogP contribution is -2.52. The molecule has 1 amide bonds. The molecule has 0 spiro atoms. The monoisotopic (exact) mass is 297 g/mol. The topological polar surface area (TPSA) is 93.1 Å². The molecule has 1 aliphatic heterocycles. The van der Waals surface area contributed by atoms with Crippen molar-refractivity contribution in [1.82, 2.24) is 4.90 Å². The number of rotatable bonds is 3. The van der Waals surface area contributed by atoms with Crippen molar-refractivity contribution in [2.24, 2.45) is 11.8 Å². The van der Waals surface area contributed by atoms with Gasteiger partial charge in [-0.25, -0.2) is 4.79 Å². The third kappa shape index (κ3) is 3.41. The van der Waals surface area contributed by atoms with Crippen LogP contribution < -0.4 is 0 Å². The summed E-state index contributed by atoms with van der Waals surface area (Å²) in [6.45, 7) is 0.711. The number of esters is 1. The molecule has 1 saturated heterocycles. The third-order valence-electron chi connectivity index (χ3n) is 3.91. The number of carbonyl (C=O) groups is 3. The van der Waals surface area contributed by atoms with Crippen LogP contribution in [0.3, 0.4) is 0 Å². The molecule has 1 aliphatic carbocycles. The van der Waals surface area contributed by atoms with Crippen LogP contribution in [0.4, 0.5) is 0 Å². The van der Waals surface area contributed by atoms with Crippen LogP contribution in [0.5, 0.6) is 0 Å². The molecular weight excluding hydrogens is 278 g/mol. The number of methoxy groups -OCH3 is 1. The predicted molar refractivity (Wildman–Crippen MR) is 71.3 cm³/mol. The van der Waals surface area contributed by atoms with Gasteiger partial charge in [-0.05, 0) is 12.8 Å². The highest BCUT2D eigenvalue weighted by atomic mass is 16.6. The summed E-state index contributed by atoms with van der Waals surface area (Å²) < 4.78 is 9.89. The smallest absolute Gasteiger partial charge is 0.336 e. The molecule has 0 aromatic carbocycles. The van der Waals surface area contributed by atoms with Gasteiger partial charge in [0, 0.05) is 6.54 Å². The van der Waals surface area contributed by atoms with Gasteiger partial charge < -0.3 is 19.5 Å². The Balaban J connectivity index is 2.06. The molecule has 116 valence electrons. The van der Waals surface area contributed by atoms with Crippen molar-refractivity contribution in [3.8, 4) is 0 Å². The quantitative estimate of drug-likeness (QED) is 0.584. The zero-order valence-corrected chi connectivity index (χ0v) is 11.9. The van der Waals surface area contributed by atoms with Gasteiger partial charge in [0.2, 0.25) is 5.91 Å². The molecule has 0 bridgehead atoms. The highest BCUT2D eigenvalue weighted by molar-refractivity contribution is 5.86. The van der Waals surface area contributed by atoms with E-state index in [1.165, 1.54) is 12.0 Å². The SMILES string of the molecule is COC(=O)C1CN(C(=O)[C@@H]2CC=CC[C@@H]2C(=O)O)CCO1. The number of allylic oxidation sites excluding steroid dienone is 2. The fourth-order valence-electron chi connectivity index (χ4n) is 2.72. The molecule has 7 nitrogen and oxygen atoms in total. The van der Waals surface area contributed by atoms with Gasteiger partial charge in [0.15, 0.2) is 6.10 Å². The highest BCUT2D eigenvalue weighted by Crippen LogP contribution is 2.28. The van der Waals surface area contributed by atoms with Crippen molar-refractivity contribution in [2.75, 3.05) is 26.8 Å². The summed E-state index contributed by atoms with van der Waals surface area (Å²) in [6, 6.07) is 0. The summed E-state index contributed by atoms with van der Waals surface area (Å²) in [5.41, 5.74) is 0. The summed E-state index contributed by atoms with van der Waals surface area (Å²) in [4.78, 5) is 36.8. The van der Waals surface area contributed by atoms with Crippen molar-refractivity contribution in [3.63, 3.8) is 0 Å². The summed E-state index contributed by atoms with van der Waals surface area (Å²) in [5, 5.41) is 9.23. The fraction of sp³-hybridized carbons (Fsp3) is 0.643. The summed E-state index contributed by atoms with van der Waals surface area (Å²) in [5.74, 6) is -3.00. The molecule has 1 N–H and O–H groups in total. The summed E-state index contributed by atoms with van der Waals surface area (Å²) >= 11 is 0. The number of carbonyl (C=O) groups excluding carboxylic acids is 2. The lowest BCUT2D eigenvalue weighted by molar-refractivity contribution is -0.165. The third-order valence-corrected chi connectivity index (χ3v) is 3.91. The highest BCUT2D eigenvalue weighted by Gasteiger charge is 2.39. The Bertz CT molecular complexity index is 460. The van der Waals surface area contributed by atoms with E-state index in [2.05, 4.69) is 4.74 Å². The van der Waals surface area contributed by atoms with Crippen LogP contribution in [0, 0.1) is 11.8 Å². The Morgan fingerprint density at radius 1 is 1.24 bits per heavy atom. The van der Waals surface area contributed by atoms with Crippen molar-refractivity contribution < 1.29 is 29.0 Å². The maximum absolute atomic E-state index is 12.5. The second kappa shape index (κ2) is 6.71. The number of nitrogens with zero attached hydrogens (tertiary/aromatic N) is 1. The molecular formula is C14H19NO6. The molecule has 0 saturated carbocycles. The first-order valence-corrected chi connectivity index (χ1v) is 6.90. The lowest BCUT2D eigenvalue weighted by atomic mass is 9.82. The zero-order chi connectivity index (χ0) is 15.4. The normalized spacial score (nSPS) is 29.0. The van der Waals surface area contributed by atoms with Gasteiger partial charge in [-0.1, -0.05) is 12.2 Å². The van der Waals surface area contributed by atoms with Gasteiger partial charge in [-0.2, -0.15) is 0 Å². The van der Waals surface area contributed by atoms with Crippen molar-refractivity contribution in [1.29, 1.82) is 0 Å². The van der Waals surface area contributed by atoms with Gasteiger partial charge in [-0.3, -0.25) is 9.59 Å². The van der Waals surface area contributed by atoms with Crippen LogP contribution in [0.25, 0.3) is 0 Å². The summed E-state index contributed by atoms with van der Waals surface area (Å²) in [7, 11) is 1.26. The molecule has 7 heteroatoms. The van der Waals surface area contributed by atoms with Crippen molar-refractivity contribution in [2.45, 2.75) is 18.9 Å². The molecule has 0 aromatic rings. The van der Waals surface area contributed by atoms with E-state index in [1.807, 2.05) is 6.08 Å². The van der Waals surface area contributed by atoms with E-state index in [4.69, 9.17) is 4.74 Å². The number of ether oxygens (including phenoxy) is 2. The minimum Gasteiger partial charge on any atom is -0.481 e. The number of carboxylic acid groups (broad SMARTS) is 1. The molecule has 2 rings (SSSR count). The van der Waals surface area contributed by atoms with Gasteiger partial charge >= 0.3 is 11.9 Å². The van der Waals surface area contributed by atoms with E-state index in [-0.39, 0.29) is 19.1 Å². The molecule has 21 heavy (non-hydrogen) atoms. The first-order chi connectivity index (χ1) is 10.0. The Labute approximate surface area is 122 Å². The van der Waals surface area contributed by atoms with Crippen LogP contribution in [0.15, 0.2) is 12.2 Å². The Morgan fingerprint density at radius 2 is 1.90 bits per heavy atom. The average molecular weight is 297 g/mol. The Kier molecular flexibility index (Phi) is 4.95.